The van der Waals surface area contributed by atoms with Gasteiger partial charge in [0.1, 0.15) is 5.56 Å². The van der Waals surface area contributed by atoms with Crippen molar-refractivity contribution < 1.29 is 4.79 Å². The van der Waals surface area contributed by atoms with Crippen LogP contribution < -0.4 is 10.9 Å². The number of aromatic amines is 1. The van der Waals surface area contributed by atoms with Crippen molar-refractivity contribution in [2.24, 2.45) is 0 Å². The van der Waals surface area contributed by atoms with Crippen LogP contribution >= 0.6 is 0 Å². The summed E-state index contributed by atoms with van der Waals surface area (Å²) in [6, 6.07) is 11.5. The van der Waals surface area contributed by atoms with Crippen LogP contribution in [0.2, 0.25) is 0 Å². The van der Waals surface area contributed by atoms with Crippen LogP contribution in [0.4, 0.5) is 5.95 Å². The normalized spacial score (nSPS) is 14.9. The minimum Gasteiger partial charge on any atom is -0.326 e. The third-order valence-electron chi connectivity index (χ3n) is 4.81. The molecule has 3 aromatic rings. The van der Waals surface area contributed by atoms with E-state index < -0.39 is 5.91 Å². The first kappa shape index (κ1) is 15.6. The van der Waals surface area contributed by atoms with Crippen molar-refractivity contribution in [3.8, 4) is 0 Å². The standard InChI is InChI=1S/C19H20N4O2/c1-12-10-11-14(17(24)20-12)18(25)22-19-21-15-8-4-5-9-16(15)23(19)13-6-2-3-7-13/h4-5,8-11,13H,2-3,6-7H2,1H3,(H,20,24)(H,21,22,25). The smallest absolute Gasteiger partial charge is 0.263 e. The summed E-state index contributed by atoms with van der Waals surface area (Å²) in [6.45, 7) is 1.78. The van der Waals surface area contributed by atoms with E-state index in [2.05, 4.69) is 19.9 Å². The molecule has 2 N–H and O–H groups in total. The second-order valence-corrected chi connectivity index (χ2v) is 6.57. The molecular weight excluding hydrogens is 316 g/mol. The van der Waals surface area contributed by atoms with E-state index in [4.69, 9.17) is 0 Å². The zero-order chi connectivity index (χ0) is 17.4. The van der Waals surface area contributed by atoms with Gasteiger partial charge in [-0.25, -0.2) is 4.98 Å². The van der Waals surface area contributed by atoms with Crippen molar-refractivity contribution in [3.63, 3.8) is 0 Å². The summed E-state index contributed by atoms with van der Waals surface area (Å²) in [5.74, 6) is 0.0777. The maximum absolute atomic E-state index is 12.6. The maximum atomic E-state index is 12.6. The quantitative estimate of drug-likeness (QED) is 0.769. The Morgan fingerprint density at radius 3 is 2.72 bits per heavy atom. The highest BCUT2D eigenvalue weighted by molar-refractivity contribution is 6.03. The Kier molecular flexibility index (Phi) is 3.87. The molecule has 0 spiro atoms. The highest BCUT2D eigenvalue weighted by Crippen LogP contribution is 2.35. The van der Waals surface area contributed by atoms with Gasteiger partial charge in [-0.2, -0.15) is 0 Å². The molecule has 1 saturated carbocycles. The molecule has 1 fully saturated rings. The molecule has 2 aromatic heterocycles. The third kappa shape index (κ3) is 2.84. The van der Waals surface area contributed by atoms with Gasteiger partial charge in [-0.1, -0.05) is 25.0 Å². The van der Waals surface area contributed by atoms with E-state index in [1.807, 2.05) is 24.3 Å². The summed E-state index contributed by atoms with van der Waals surface area (Å²) in [4.78, 5) is 31.9. The molecule has 0 saturated heterocycles. The van der Waals surface area contributed by atoms with Crippen LogP contribution in [0.3, 0.4) is 0 Å². The fourth-order valence-electron chi connectivity index (χ4n) is 3.58. The predicted octanol–water partition coefficient (Wildman–Crippen LogP) is 3.40. The van der Waals surface area contributed by atoms with E-state index >= 15 is 0 Å². The number of fused-ring (bicyclic) bond motifs is 1. The van der Waals surface area contributed by atoms with Gasteiger partial charge < -0.3 is 9.55 Å². The highest BCUT2D eigenvalue weighted by atomic mass is 16.2. The second-order valence-electron chi connectivity index (χ2n) is 6.57. The molecule has 1 aliphatic rings. The van der Waals surface area contributed by atoms with E-state index in [-0.39, 0.29) is 11.1 Å². The number of H-pyrrole nitrogens is 1. The summed E-state index contributed by atoms with van der Waals surface area (Å²) in [7, 11) is 0. The number of carbonyl (C=O) groups is 1. The molecule has 0 bridgehead atoms. The van der Waals surface area contributed by atoms with Crippen molar-refractivity contribution >= 4 is 22.9 Å². The number of carbonyl (C=O) groups excluding carboxylic acids is 1. The van der Waals surface area contributed by atoms with Crippen LogP contribution in [-0.4, -0.2) is 20.4 Å². The summed E-state index contributed by atoms with van der Waals surface area (Å²) in [5.41, 5.74) is 2.29. The van der Waals surface area contributed by atoms with E-state index in [0.29, 0.717) is 12.0 Å². The molecule has 25 heavy (non-hydrogen) atoms. The highest BCUT2D eigenvalue weighted by Gasteiger charge is 2.24. The van der Waals surface area contributed by atoms with Crippen molar-refractivity contribution in [3.05, 3.63) is 58.0 Å². The molecule has 0 unspecified atom stereocenters. The number of nitrogens with one attached hydrogen (secondary N) is 2. The van der Waals surface area contributed by atoms with Gasteiger partial charge in [0.2, 0.25) is 5.95 Å². The zero-order valence-electron chi connectivity index (χ0n) is 14.1. The third-order valence-corrected chi connectivity index (χ3v) is 4.81. The summed E-state index contributed by atoms with van der Waals surface area (Å²) < 4.78 is 2.11. The molecule has 6 nitrogen and oxygen atoms in total. The minimum absolute atomic E-state index is 0.0932. The SMILES string of the molecule is Cc1ccc(C(=O)Nc2nc3ccccc3n2C2CCCC2)c(=O)[nH]1. The van der Waals surface area contributed by atoms with Gasteiger partial charge in [-0.05, 0) is 44.0 Å². The molecule has 4 rings (SSSR count). The average molecular weight is 336 g/mol. The molecule has 0 radical (unpaired) electrons. The lowest BCUT2D eigenvalue weighted by Crippen LogP contribution is -2.25. The first-order chi connectivity index (χ1) is 12.1. The summed E-state index contributed by atoms with van der Waals surface area (Å²) >= 11 is 0. The molecule has 0 atom stereocenters. The van der Waals surface area contributed by atoms with Crippen LogP contribution in [0, 0.1) is 6.92 Å². The number of aryl methyl sites for hydroxylation is 1. The second kappa shape index (κ2) is 6.20. The number of aromatic nitrogens is 3. The first-order valence-corrected chi connectivity index (χ1v) is 8.62. The molecule has 128 valence electrons. The molecular formula is C19H20N4O2. The number of amides is 1. The number of benzene rings is 1. The number of anilines is 1. The van der Waals surface area contributed by atoms with Gasteiger partial charge in [-0.3, -0.25) is 14.9 Å². The van der Waals surface area contributed by atoms with E-state index in [9.17, 15) is 9.59 Å². The number of imidazole rings is 1. The zero-order valence-corrected chi connectivity index (χ0v) is 14.1. The van der Waals surface area contributed by atoms with Gasteiger partial charge in [0.15, 0.2) is 0 Å². The molecule has 2 heterocycles. The molecule has 0 aliphatic heterocycles. The first-order valence-electron chi connectivity index (χ1n) is 8.62. The topological polar surface area (TPSA) is 79.8 Å². The number of para-hydroxylation sites is 2. The number of nitrogens with zero attached hydrogens (tertiary/aromatic N) is 2. The maximum Gasteiger partial charge on any atom is 0.263 e. The Labute approximate surface area is 144 Å². The Morgan fingerprint density at radius 1 is 1.20 bits per heavy atom. The average Bonchev–Trinajstić information content (AvgIpc) is 3.21. The van der Waals surface area contributed by atoms with Crippen LogP contribution in [0.5, 0.6) is 0 Å². The van der Waals surface area contributed by atoms with E-state index in [0.717, 1.165) is 29.6 Å². The van der Waals surface area contributed by atoms with Gasteiger partial charge in [0.25, 0.3) is 11.5 Å². The number of hydrogen-bond donors (Lipinski definition) is 2. The molecule has 1 aliphatic carbocycles. The van der Waals surface area contributed by atoms with Crippen LogP contribution in [-0.2, 0) is 0 Å². The summed E-state index contributed by atoms with van der Waals surface area (Å²) in [6.07, 6.45) is 4.52. The van der Waals surface area contributed by atoms with Crippen LogP contribution in [0.25, 0.3) is 11.0 Å². The van der Waals surface area contributed by atoms with E-state index in [1.165, 1.54) is 12.8 Å². The van der Waals surface area contributed by atoms with Crippen LogP contribution in [0.1, 0.15) is 47.8 Å². The number of pyridine rings is 1. The number of rotatable bonds is 3. The van der Waals surface area contributed by atoms with Crippen molar-refractivity contribution in [1.82, 2.24) is 14.5 Å². The number of hydrogen-bond acceptors (Lipinski definition) is 3. The molecule has 1 aromatic carbocycles. The van der Waals surface area contributed by atoms with Crippen molar-refractivity contribution in [2.45, 2.75) is 38.6 Å². The Balaban J connectivity index is 1.74. The van der Waals surface area contributed by atoms with Crippen molar-refractivity contribution in [2.75, 3.05) is 5.32 Å². The summed E-state index contributed by atoms with van der Waals surface area (Å²) in [5, 5.41) is 2.85. The van der Waals surface area contributed by atoms with Gasteiger partial charge in [-0.15, -0.1) is 0 Å². The fraction of sp³-hybridized carbons (Fsp3) is 0.316. The van der Waals surface area contributed by atoms with Gasteiger partial charge in [0, 0.05) is 11.7 Å². The van der Waals surface area contributed by atoms with Gasteiger partial charge >= 0.3 is 0 Å². The lowest BCUT2D eigenvalue weighted by Gasteiger charge is -2.16. The molecule has 6 heteroatoms. The monoisotopic (exact) mass is 336 g/mol. The molecule has 1 amide bonds. The van der Waals surface area contributed by atoms with Crippen molar-refractivity contribution in [1.29, 1.82) is 0 Å². The predicted molar refractivity (Wildman–Crippen MR) is 97.0 cm³/mol. The minimum atomic E-state index is -0.434. The van der Waals surface area contributed by atoms with Gasteiger partial charge in [0.05, 0.1) is 11.0 Å². The largest absolute Gasteiger partial charge is 0.326 e. The fourth-order valence-corrected chi connectivity index (χ4v) is 3.58. The van der Waals surface area contributed by atoms with E-state index in [1.54, 1.807) is 19.1 Å². The Hall–Kier alpha value is -2.89. The Bertz CT molecular complexity index is 996. The Morgan fingerprint density at radius 2 is 1.96 bits per heavy atom. The lowest BCUT2D eigenvalue weighted by atomic mass is 10.2. The van der Waals surface area contributed by atoms with Crippen LogP contribution in [0.15, 0.2) is 41.2 Å². The lowest BCUT2D eigenvalue weighted by molar-refractivity contribution is 0.102.